The normalized spacial score (nSPS) is 16.4. The van der Waals surface area contributed by atoms with E-state index in [1.54, 1.807) is 11.8 Å². The molecule has 2 heterocycles. The predicted molar refractivity (Wildman–Crippen MR) is 86.5 cm³/mol. The van der Waals surface area contributed by atoms with Crippen LogP contribution in [0.3, 0.4) is 0 Å². The van der Waals surface area contributed by atoms with E-state index in [4.69, 9.17) is 9.47 Å². The molecule has 1 atom stereocenters. The number of methoxy groups -OCH3 is 1. The highest BCUT2D eigenvalue weighted by Crippen LogP contribution is 2.38. The Labute approximate surface area is 139 Å². The molecular weight excluding hydrogens is 310 g/mol. The largest absolute Gasteiger partial charge is 0.496 e. The maximum Gasteiger partial charge on any atom is 0.338 e. The number of benzene rings is 1. The number of tetrazole rings is 1. The number of para-hydroxylation sites is 1. The van der Waals surface area contributed by atoms with Crippen molar-refractivity contribution in [2.45, 2.75) is 26.3 Å². The Bertz CT molecular complexity index is 784. The summed E-state index contributed by atoms with van der Waals surface area (Å²) in [4.78, 5) is 12.6. The quantitative estimate of drug-likeness (QED) is 0.838. The fourth-order valence-electron chi connectivity index (χ4n) is 2.73. The zero-order valence-corrected chi connectivity index (χ0v) is 13.8. The van der Waals surface area contributed by atoms with Crippen molar-refractivity contribution in [1.29, 1.82) is 0 Å². The summed E-state index contributed by atoms with van der Waals surface area (Å²) in [5.74, 6) is 0.730. The molecule has 0 fully saturated rings. The van der Waals surface area contributed by atoms with Gasteiger partial charge >= 0.3 is 5.97 Å². The van der Waals surface area contributed by atoms with Crippen LogP contribution in [-0.2, 0) is 9.53 Å². The van der Waals surface area contributed by atoms with Crippen LogP contribution in [0, 0.1) is 0 Å². The van der Waals surface area contributed by atoms with Gasteiger partial charge in [-0.3, -0.25) is 0 Å². The van der Waals surface area contributed by atoms with Crippen molar-refractivity contribution >= 4 is 11.9 Å². The Morgan fingerprint density at radius 1 is 1.38 bits per heavy atom. The molecular formula is C16H19N5O3. The molecule has 0 aliphatic carbocycles. The number of hydrogen-bond donors (Lipinski definition) is 1. The second kappa shape index (κ2) is 6.69. The molecule has 8 nitrogen and oxygen atoms in total. The first kappa shape index (κ1) is 16.0. The number of aromatic nitrogens is 4. The molecule has 2 aromatic rings. The highest BCUT2D eigenvalue weighted by Gasteiger charge is 2.36. The van der Waals surface area contributed by atoms with Gasteiger partial charge in [0.05, 0.1) is 19.3 Å². The number of hydrogen-bond acceptors (Lipinski definition) is 7. The van der Waals surface area contributed by atoms with Crippen molar-refractivity contribution in [1.82, 2.24) is 20.2 Å². The fraction of sp³-hybridized carbons (Fsp3) is 0.375. The lowest BCUT2D eigenvalue weighted by Gasteiger charge is -2.28. The molecule has 0 saturated heterocycles. The second-order valence-electron chi connectivity index (χ2n) is 5.39. The number of allylic oxidation sites excluding steroid dienone is 1. The van der Waals surface area contributed by atoms with Crippen molar-refractivity contribution in [2.75, 3.05) is 19.0 Å². The number of nitrogens with zero attached hydrogens (tertiary/aromatic N) is 4. The van der Waals surface area contributed by atoms with Gasteiger partial charge in [-0.25, -0.2) is 4.79 Å². The number of nitrogens with one attached hydrogen (secondary N) is 1. The molecule has 1 unspecified atom stereocenters. The zero-order valence-electron chi connectivity index (χ0n) is 13.8. The van der Waals surface area contributed by atoms with E-state index in [1.807, 2.05) is 38.1 Å². The number of rotatable bonds is 5. The third kappa shape index (κ3) is 2.70. The number of ether oxygens (including phenoxy) is 2. The average molecular weight is 329 g/mol. The summed E-state index contributed by atoms with van der Waals surface area (Å²) in [6, 6.07) is 6.97. The molecule has 3 rings (SSSR count). The third-order valence-electron chi connectivity index (χ3n) is 3.80. The van der Waals surface area contributed by atoms with E-state index >= 15 is 0 Å². The van der Waals surface area contributed by atoms with Crippen molar-refractivity contribution in [3.8, 4) is 5.75 Å². The first-order valence-corrected chi connectivity index (χ1v) is 7.73. The third-order valence-corrected chi connectivity index (χ3v) is 3.80. The summed E-state index contributed by atoms with van der Waals surface area (Å²) in [7, 11) is 1.59. The van der Waals surface area contributed by atoms with Gasteiger partial charge in [0.1, 0.15) is 11.8 Å². The molecule has 1 N–H and O–H groups in total. The van der Waals surface area contributed by atoms with Gasteiger partial charge in [0, 0.05) is 11.3 Å². The van der Waals surface area contributed by atoms with Crippen LogP contribution in [-0.4, -0.2) is 39.9 Å². The SMILES string of the molecule is CCCOC(=O)C1=C(C)Nc2nnnn2C1c1ccccc1OC. The Morgan fingerprint density at radius 3 is 2.92 bits per heavy atom. The summed E-state index contributed by atoms with van der Waals surface area (Å²) in [6.07, 6.45) is 0.751. The van der Waals surface area contributed by atoms with Gasteiger partial charge in [-0.1, -0.05) is 30.2 Å². The summed E-state index contributed by atoms with van der Waals surface area (Å²) >= 11 is 0. The average Bonchev–Trinajstić information content (AvgIpc) is 3.06. The van der Waals surface area contributed by atoms with E-state index in [0.29, 0.717) is 29.6 Å². The van der Waals surface area contributed by atoms with E-state index in [-0.39, 0.29) is 5.97 Å². The van der Waals surface area contributed by atoms with E-state index in [9.17, 15) is 4.79 Å². The molecule has 1 aromatic heterocycles. The minimum absolute atomic E-state index is 0.358. The van der Waals surface area contributed by atoms with Gasteiger partial charge in [-0.15, -0.1) is 0 Å². The highest BCUT2D eigenvalue weighted by atomic mass is 16.5. The molecule has 126 valence electrons. The van der Waals surface area contributed by atoms with E-state index in [1.165, 1.54) is 0 Å². The lowest BCUT2D eigenvalue weighted by Crippen LogP contribution is -2.30. The summed E-state index contributed by atoms with van der Waals surface area (Å²) in [6.45, 7) is 4.12. The minimum atomic E-state index is -0.517. The molecule has 0 bridgehead atoms. The van der Waals surface area contributed by atoms with Gasteiger partial charge in [0.15, 0.2) is 0 Å². The molecule has 8 heteroatoms. The molecule has 1 aliphatic rings. The topological polar surface area (TPSA) is 91.2 Å². The Kier molecular flexibility index (Phi) is 4.45. The fourth-order valence-corrected chi connectivity index (χ4v) is 2.73. The van der Waals surface area contributed by atoms with Crippen LogP contribution in [0.1, 0.15) is 31.9 Å². The molecule has 0 spiro atoms. The van der Waals surface area contributed by atoms with Crippen LogP contribution in [0.2, 0.25) is 0 Å². The summed E-state index contributed by atoms with van der Waals surface area (Å²) < 4.78 is 12.4. The Morgan fingerprint density at radius 2 is 2.17 bits per heavy atom. The van der Waals surface area contributed by atoms with Crippen LogP contribution in [0.15, 0.2) is 35.5 Å². The molecule has 24 heavy (non-hydrogen) atoms. The molecule has 1 aliphatic heterocycles. The van der Waals surface area contributed by atoms with Crippen LogP contribution in [0.4, 0.5) is 5.95 Å². The molecule has 0 radical (unpaired) electrons. The lowest BCUT2D eigenvalue weighted by atomic mass is 9.95. The van der Waals surface area contributed by atoms with Gasteiger partial charge in [-0.2, -0.15) is 4.68 Å². The maximum absolute atomic E-state index is 12.6. The predicted octanol–water partition coefficient (Wildman–Crippen LogP) is 1.92. The summed E-state index contributed by atoms with van der Waals surface area (Å²) in [5, 5.41) is 14.7. The molecule has 0 amide bonds. The van der Waals surface area contributed by atoms with Crippen molar-refractivity contribution in [3.05, 3.63) is 41.1 Å². The van der Waals surface area contributed by atoms with Gasteiger partial charge in [0.2, 0.25) is 5.95 Å². The van der Waals surface area contributed by atoms with Gasteiger partial charge in [-0.05, 0) is 29.8 Å². The van der Waals surface area contributed by atoms with Crippen LogP contribution < -0.4 is 10.1 Å². The van der Waals surface area contributed by atoms with Crippen molar-refractivity contribution < 1.29 is 14.3 Å². The number of carbonyl (C=O) groups excluding carboxylic acids is 1. The first-order chi connectivity index (χ1) is 11.7. The number of fused-ring (bicyclic) bond motifs is 1. The lowest BCUT2D eigenvalue weighted by molar-refractivity contribution is -0.139. The molecule has 0 saturated carbocycles. The van der Waals surface area contributed by atoms with Crippen molar-refractivity contribution in [2.24, 2.45) is 0 Å². The second-order valence-corrected chi connectivity index (χ2v) is 5.39. The molecule has 1 aromatic carbocycles. The number of anilines is 1. The van der Waals surface area contributed by atoms with E-state index < -0.39 is 6.04 Å². The van der Waals surface area contributed by atoms with Crippen LogP contribution in [0.5, 0.6) is 5.75 Å². The Hall–Kier alpha value is -2.90. The minimum Gasteiger partial charge on any atom is -0.496 e. The number of esters is 1. The Balaban J connectivity index is 2.13. The van der Waals surface area contributed by atoms with Gasteiger partial charge in [0.25, 0.3) is 0 Å². The first-order valence-electron chi connectivity index (χ1n) is 7.73. The van der Waals surface area contributed by atoms with Crippen LogP contribution >= 0.6 is 0 Å². The van der Waals surface area contributed by atoms with Crippen molar-refractivity contribution in [3.63, 3.8) is 0 Å². The van der Waals surface area contributed by atoms with E-state index in [2.05, 4.69) is 20.8 Å². The monoisotopic (exact) mass is 329 g/mol. The maximum atomic E-state index is 12.6. The van der Waals surface area contributed by atoms with Gasteiger partial charge < -0.3 is 14.8 Å². The van der Waals surface area contributed by atoms with Crippen LogP contribution in [0.25, 0.3) is 0 Å². The number of carbonyl (C=O) groups is 1. The smallest absolute Gasteiger partial charge is 0.338 e. The zero-order chi connectivity index (χ0) is 17.1. The highest BCUT2D eigenvalue weighted by molar-refractivity contribution is 5.92. The summed E-state index contributed by atoms with van der Waals surface area (Å²) in [5.41, 5.74) is 1.92. The van der Waals surface area contributed by atoms with E-state index in [0.717, 1.165) is 12.0 Å². The standard InChI is InChI=1S/C16H19N5O3/c1-4-9-24-15(22)13-10(2)17-16-18-19-20-21(16)14(13)11-7-5-6-8-12(11)23-3/h5-8,14H,4,9H2,1-3H3,(H,17,18,20).